The van der Waals surface area contributed by atoms with Crippen molar-refractivity contribution in [2.24, 2.45) is 0 Å². The highest BCUT2D eigenvalue weighted by atomic mass is 79.9. The lowest BCUT2D eigenvalue weighted by Gasteiger charge is -2.11. The molecule has 1 aromatic carbocycles. The Morgan fingerprint density at radius 2 is 1.94 bits per heavy atom. The second-order valence-electron chi connectivity index (χ2n) is 4.22. The highest BCUT2D eigenvalue weighted by molar-refractivity contribution is 9.10. The number of hydrogen-bond donors (Lipinski definition) is 1. The van der Waals surface area contributed by atoms with Crippen molar-refractivity contribution in [3.8, 4) is 0 Å². The van der Waals surface area contributed by atoms with E-state index in [4.69, 9.17) is 0 Å². The van der Waals surface area contributed by atoms with E-state index in [1.165, 1.54) is 0 Å². The van der Waals surface area contributed by atoms with Crippen molar-refractivity contribution in [1.29, 1.82) is 0 Å². The summed E-state index contributed by atoms with van der Waals surface area (Å²) in [6, 6.07) is 9.23. The lowest BCUT2D eigenvalue weighted by atomic mass is 10.2. The maximum Gasteiger partial charge on any atom is 0.256 e. The maximum absolute atomic E-state index is 12.0. The Balaban J connectivity index is 2.16. The predicted molar refractivity (Wildman–Crippen MR) is 74.7 cm³/mol. The lowest BCUT2D eigenvalue weighted by molar-refractivity contribution is 0.102. The van der Waals surface area contributed by atoms with Crippen LogP contribution in [0.2, 0.25) is 0 Å². The first kappa shape index (κ1) is 12.8. The fraction of sp³-hybridized carbons (Fsp3) is 0.231. The number of amides is 1. The molecule has 4 nitrogen and oxygen atoms in total. The Bertz CT molecular complexity index is 546. The van der Waals surface area contributed by atoms with E-state index in [2.05, 4.69) is 26.3 Å². The summed E-state index contributed by atoms with van der Waals surface area (Å²) in [5.74, 6) is 0.572. The van der Waals surface area contributed by atoms with Crippen molar-refractivity contribution in [1.82, 2.24) is 9.78 Å². The van der Waals surface area contributed by atoms with Crippen molar-refractivity contribution in [2.45, 2.75) is 19.9 Å². The normalized spacial score (nSPS) is 10.7. The third-order valence-electron chi connectivity index (χ3n) is 2.51. The second kappa shape index (κ2) is 5.35. The number of nitrogens with one attached hydrogen (secondary N) is 1. The molecule has 0 spiro atoms. The minimum absolute atomic E-state index is 0.134. The summed E-state index contributed by atoms with van der Waals surface area (Å²) in [6.07, 6.45) is 1.68. The molecule has 1 heterocycles. The minimum atomic E-state index is -0.134. The van der Waals surface area contributed by atoms with Crippen LogP contribution in [0.5, 0.6) is 0 Å². The van der Waals surface area contributed by atoms with Gasteiger partial charge in [-0.05, 0) is 38.1 Å². The van der Waals surface area contributed by atoms with E-state index in [1.54, 1.807) is 29.1 Å². The molecule has 5 heteroatoms. The summed E-state index contributed by atoms with van der Waals surface area (Å²) in [6.45, 7) is 4.03. The quantitative estimate of drug-likeness (QED) is 0.943. The molecule has 0 atom stereocenters. The monoisotopic (exact) mass is 307 g/mol. The highest BCUT2D eigenvalue weighted by Crippen LogP contribution is 2.15. The molecular formula is C13H14BrN3O. The number of carbonyl (C=O) groups is 1. The first-order chi connectivity index (χ1) is 8.58. The molecule has 1 amide bonds. The Morgan fingerprint density at radius 3 is 2.56 bits per heavy atom. The van der Waals surface area contributed by atoms with E-state index in [0.717, 1.165) is 4.47 Å². The zero-order valence-electron chi connectivity index (χ0n) is 10.2. The van der Waals surface area contributed by atoms with E-state index in [-0.39, 0.29) is 11.9 Å². The average Bonchev–Trinajstić information content (AvgIpc) is 2.78. The molecule has 1 N–H and O–H groups in total. The number of hydrogen-bond acceptors (Lipinski definition) is 2. The van der Waals surface area contributed by atoms with Gasteiger partial charge in [0.1, 0.15) is 5.82 Å². The van der Waals surface area contributed by atoms with Gasteiger partial charge in [0.25, 0.3) is 5.91 Å². The van der Waals surface area contributed by atoms with Gasteiger partial charge in [-0.25, -0.2) is 4.68 Å². The Labute approximate surface area is 114 Å². The van der Waals surface area contributed by atoms with Gasteiger partial charge in [0.15, 0.2) is 0 Å². The smallest absolute Gasteiger partial charge is 0.256 e. The van der Waals surface area contributed by atoms with Gasteiger partial charge in [0, 0.05) is 22.1 Å². The second-order valence-corrected chi connectivity index (χ2v) is 5.13. The number of nitrogens with zero attached hydrogens (tertiary/aromatic N) is 2. The molecule has 94 valence electrons. The van der Waals surface area contributed by atoms with E-state index in [1.807, 2.05) is 26.0 Å². The summed E-state index contributed by atoms with van der Waals surface area (Å²) >= 11 is 3.34. The largest absolute Gasteiger partial charge is 0.307 e. The predicted octanol–water partition coefficient (Wildman–Crippen LogP) is 3.48. The average molecular weight is 308 g/mol. The molecular weight excluding hydrogens is 294 g/mol. The molecule has 2 rings (SSSR count). The van der Waals surface area contributed by atoms with Crippen LogP contribution in [0.25, 0.3) is 0 Å². The topological polar surface area (TPSA) is 46.9 Å². The Hall–Kier alpha value is -1.62. The molecule has 0 aliphatic heterocycles. The van der Waals surface area contributed by atoms with Crippen molar-refractivity contribution >= 4 is 27.7 Å². The molecule has 18 heavy (non-hydrogen) atoms. The first-order valence-corrected chi connectivity index (χ1v) is 6.47. The number of rotatable bonds is 3. The fourth-order valence-corrected chi connectivity index (χ4v) is 1.88. The maximum atomic E-state index is 12.0. The standard InChI is InChI=1S/C13H14BrN3O/c1-9(2)17-12(7-8-15-17)16-13(18)10-3-5-11(14)6-4-10/h3-9H,1-2H3,(H,16,18). The van der Waals surface area contributed by atoms with E-state index in [0.29, 0.717) is 11.4 Å². The van der Waals surface area contributed by atoms with Gasteiger partial charge in [-0.1, -0.05) is 15.9 Å². The number of benzene rings is 1. The number of aromatic nitrogens is 2. The number of anilines is 1. The summed E-state index contributed by atoms with van der Waals surface area (Å²) in [7, 11) is 0. The third-order valence-corrected chi connectivity index (χ3v) is 3.04. The molecule has 0 radical (unpaired) electrons. The van der Waals surface area contributed by atoms with Crippen LogP contribution < -0.4 is 5.32 Å². The van der Waals surface area contributed by atoms with Crippen molar-refractivity contribution in [2.75, 3.05) is 5.32 Å². The first-order valence-electron chi connectivity index (χ1n) is 5.68. The Kier molecular flexibility index (Phi) is 3.81. The summed E-state index contributed by atoms with van der Waals surface area (Å²) in [4.78, 5) is 12.0. The van der Waals surface area contributed by atoms with Gasteiger partial charge < -0.3 is 5.32 Å². The zero-order chi connectivity index (χ0) is 13.1. The van der Waals surface area contributed by atoms with Crippen LogP contribution in [-0.2, 0) is 0 Å². The van der Waals surface area contributed by atoms with Crippen LogP contribution in [0.15, 0.2) is 41.0 Å². The Morgan fingerprint density at radius 1 is 1.28 bits per heavy atom. The van der Waals surface area contributed by atoms with Gasteiger partial charge in [-0.3, -0.25) is 4.79 Å². The van der Waals surface area contributed by atoms with Crippen LogP contribution >= 0.6 is 15.9 Å². The summed E-state index contributed by atoms with van der Waals surface area (Å²) in [5.41, 5.74) is 0.620. The van der Waals surface area contributed by atoms with Crippen LogP contribution in [-0.4, -0.2) is 15.7 Å². The van der Waals surface area contributed by atoms with Crippen molar-refractivity contribution in [3.63, 3.8) is 0 Å². The van der Waals surface area contributed by atoms with Gasteiger partial charge in [0.05, 0.1) is 6.20 Å². The fourth-order valence-electron chi connectivity index (χ4n) is 1.61. The molecule has 0 saturated carbocycles. The molecule has 0 aliphatic carbocycles. The molecule has 0 fully saturated rings. The van der Waals surface area contributed by atoms with Gasteiger partial charge in [-0.2, -0.15) is 5.10 Å². The molecule has 1 aromatic heterocycles. The molecule has 0 aliphatic rings. The zero-order valence-corrected chi connectivity index (χ0v) is 11.8. The highest BCUT2D eigenvalue weighted by Gasteiger charge is 2.10. The van der Waals surface area contributed by atoms with Crippen LogP contribution in [0.1, 0.15) is 30.2 Å². The van der Waals surface area contributed by atoms with Crippen LogP contribution in [0, 0.1) is 0 Å². The summed E-state index contributed by atoms with van der Waals surface area (Å²) in [5, 5.41) is 7.02. The molecule has 0 saturated heterocycles. The van der Waals surface area contributed by atoms with Crippen molar-refractivity contribution < 1.29 is 4.79 Å². The van der Waals surface area contributed by atoms with Crippen LogP contribution in [0.3, 0.4) is 0 Å². The summed E-state index contributed by atoms with van der Waals surface area (Å²) < 4.78 is 2.72. The van der Waals surface area contributed by atoms with Crippen molar-refractivity contribution in [3.05, 3.63) is 46.6 Å². The van der Waals surface area contributed by atoms with E-state index >= 15 is 0 Å². The van der Waals surface area contributed by atoms with E-state index in [9.17, 15) is 4.79 Å². The third kappa shape index (κ3) is 2.79. The molecule has 2 aromatic rings. The molecule has 0 unspecified atom stereocenters. The number of carbonyl (C=O) groups excluding carboxylic acids is 1. The SMILES string of the molecule is CC(C)n1nccc1NC(=O)c1ccc(Br)cc1. The van der Waals surface area contributed by atoms with Gasteiger partial charge in [0.2, 0.25) is 0 Å². The lowest BCUT2D eigenvalue weighted by Crippen LogP contribution is -2.16. The van der Waals surface area contributed by atoms with Gasteiger partial charge in [-0.15, -0.1) is 0 Å². The van der Waals surface area contributed by atoms with Gasteiger partial charge >= 0.3 is 0 Å². The number of halogens is 1. The molecule has 0 bridgehead atoms. The van der Waals surface area contributed by atoms with Crippen LogP contribution in [0.4, 0.5) is 5.82 Å². The minimum Gasteiger partial charge on any atom is -0.307 e. The van der Waals surface area contributed by atoms with E-state index < -0.39 is 0 Å².